The number of aryl methyl sites for hydroxylation is 2. The van der Waals surface area contributed by atoms with E-state index >= 15 is 0 Å². The zero-order valence-electron chi connectivity index (χ0n) is 9.04. The third-order valence-electron chi connectivity index (χ3n) is 2.30. The van der Waals surface area contributed by atoms with Crippen molar-refractivity contribution in [2.24, 2.45) is 0 Å². The molecular formula is C11H11N3O2. The van der Waals surface area contributed by atoms with E-state index in [4.69, 9.17) is 0 Å². The minimum atomic E-state index is -0.390. The van der Waals surface area contributed by atoms with Crippen molar-refractivity contribution in [1.82, 2.24) is 9.78 Å². The molecule has 0 spiro atoms. The highest BCUT2D eigenvalue weighted by Gasteiger charge is 2.15. The third-order valence-corrected chi connectivity index (χ3v) is 2.30. The highest BCUT2D eigenvalue weighted by atomic mass is 16.6. The fraction of sp³-hybridized carbons (Fsp3) is 0.182. The van der Waals surface area contributed by atoms with Gasteiger partial charge in [0.2, 0.25) is 0 Å². The summed E-state index contributed by atoms with van der Waals surface area (Å²) in [7, 11) is 0. The maximum Gasteiger partial charge on any atom is 0.295 e. The van der Waals surface area contributed by atoms with E-state index in [2.05, 4.69) is 5.10 Å². The van der Waals surface area contributed by atoms with Crippen LogP contribution in [0.5, 0.6) is 0 Å². The fourth-order valence-corrected chi connectivity index (χ4v) is 1.52. The van der Waals surface area contributed by atoms with Crippen molar-refractivity contribution >= 4 is 5.69 Å². The van der Waals surface area contributed by atoms with Crippen LogP contribution in [0.4, 0.5) is 5.69 Å². The van der Waals surface area contributed by atoms with E-state index in [1.54, 1.807) is 18.3 Å². The zero-order chi connectivity index (χ0) is 11.7. The zero-order valence-corrected chi connectivity index (χ0v) is 9.04. The van der Waals surface area contributed by atoms with Gasteiger partial charge >= 0.3 is 0 Å². The molecule has 0 saturated carbocycles. The molecule has 0 amide bonds. The molecule has 0 unspecified atom stereocenters. The van der Waals surface area contributed by atoms with E-state index in [9.17, 15) is 10.1 Å². The van der Waals surface area contributed by atoms with Crippen LogP contribution in [0.25, 0.3) is 5.69 Å². The van der Waals surface area contributed by atoms with Crippen LogP contribution in [-0.4, -0.2) is 14.7 Å². The quantitative estimate of drug-likeness (QED) is 0.573. The van der Waals surface area contributed by atoms with Crippen LogP contribution in [0.1, 0.15) is 11.3 Å². The van der Waals surface area contributed by atoms with Crippen molar-refractivity contribution in [2.45, 2.75) is 13.8 Å². The van der Waals surface area contributed by atoms with Crippen molar-refractivity contribution in [1.29, 1.82) is 0 Å². The average Bonchev–Trinajstić information content (AvgIpc) is 2.64. The van der Waals surface area contributed by atoms with Crippen molar-refractivity contribution in [2.75, 3.05) is 0 Å². The Morgan fingerprint density at radius 2 is 2.06 bits per heavy atom. The van der Waals surface area contributed by atoms with Crippen molar-refractivity contribution in [3.05, 3.63) is 51.8 Å². The Hall–Kier alpha value is -2.17. The van der Waals surface area contributed by atoms with Gasteiger partial charge < -0.3 is 0 Å². The molecule has 0 atom stereocenters. The van der Waals surface area contributed by atoms with Gasteiger partial charge in [0.1, 0.15) is 5.69 Å². The summed E-state index contributed by atoms with van der Waals surface area (Å²) >= 11 is 0. The van der Waals surface area contributed by atoms with Crippen LogP contribution in [0.15, 0.2) is 30.5 Å². The first-order valence-electron chi connectivity index (χ1n) is 4.85. The molecule has 0 bridgehead atoms. The minimum absolute atomic E-state index is 0.0723. The molecule has 0 aliphatic heterocycles. The summed E-state index contributed by atoms with van der Waals surface area (Å²) in [6.45, 7) is 3.67. The van der Waals surface area contributed by atoms with Crippen LogP contribution in [0.3, 0.4) is 0 Å². The molecule has 1 aromatic heterocycles. The molecule has 2 aromatic rings. The summed E-state index contributed by atoms with van der Waals surface area (Å²) in [6, 6.07) is 6.90. The van der Waals surface area contributed by atoms with Gasteiger partial charge in [0.15, 0.2) is 0 Å². The highest BCUT2D eigenvalue weighted by molar-refractivity contribution is 5.53. The molecule has 0 radical (unpaired) electrons. The summed E-state index contributed by atoms with van der Waals surface area (Å²) in [5.74, 6) is 0. The summed E-state index contributed by atoms with van der Waals surface area (Å²) in [5, 5.41) is 15.1. The van der Waals surface area contributed by atoms with E-state index in [-0.39, 0.29) is 10.6 Å². The standard InChI is InChI=1S/C11H11N3O2/c1-8-3-4-10(11(7-8)14(15)16)13-6-5-9(2)12-13/h3-7H,1-2H3. The van der Waals surface area contributed by atoms with Gasteiger partial charge in [0, 0.05) is 12.3 Å². The van der Waals surface area contributed by atoms with Crippen molar-refractivity contribution in [3.8, 4) is 5.69 Å². The lowest BCUT2D eigenvalue weighted by Crippen LogP contribution is -2.01. The number of rotatable bonds is 2. The molecule has 1 aromatic carbocycles. The average molecular weight is 217 g/mol. The summed E-state index contributed by atoms with van der Waals surface area (Å²) in [6.07, 6.45) is 1.72. The Morgan fingerprint density at radius 3 is 2.62 bits per heavy atom. The predicted octanol–water partition coefficient (Wildman–Crippen LogP) is 2.40. The molecule has 0 fully saturated rings. The third kappa shape index (κ3) is 1.79. The van der Waals surface area contributed by atoms with Gasteiger partial charge in [-0.15, -0.1) is 0 Å². The Bertz CT molecular complexity index is 546. The Balaban J connectivity index is 2.60. The molecule has 0 N–H and O–H groups in total. The largest absolute Gasteiger partial charge is 0.295 e. The van der Waals surface area contributed by atoms with Gasteiger partial charge in [-0.1, -0.05) is 6.07 Å². The van der Waals surface area contributed by atoms with Crippen LogP contribution in [-0.2, 0) is 0 Å². The van der Waals surface area contributed by atoms with Gasteiger partial charge in [0.05, 0.1) is 10.6 Å². The molecule has 82 valence electrons. The van der Waals surface area contributed by atoms with E-state index < -0.39 is 0 Å². The number of aromatic nitrogens is 2. The second-order valence-corrected chi connectivity index (χ2v) is 3.65. The van der Waals surface area contributed by atoms with Gasteiger partial charge in [-0.25, -0.2) is 4.68 Å². The van der Waals surface area contributed by atoms with E-state index in [1.165, 1.54) is 4.68 Å². The molecular weight excluding hydrogens is 206 g/mol. The van der Waals surface area contributed by atoms with Gasteiger partial charge in [-0.3, -0.25) is 10.1 Å². The predicted molar refractivity (Wildman–Crippen MR) is 59.7 cm³/mol. The van der Waals surface area contributed by atoms with Gasteiger partial charge in [-0.2, -0.15) is 5.10 Å². The second kappa shape index (κ2) is 3.77. The molecule has 1 heterocycles. The number of hydrogen-bond donors (Lipinski definition) is 0. The molecule has 16 heavy (non-hydrogen) atoms. The summed E-state index contributed by atoms with van der Waals surface area (Å²) < 4.78 is 1.52. The smallest absolute Gasteiger partial charge is 0.258 e. The number of nitrogens with zero attached hydrogens (tertiary/aromatic N) is 3. The normalized spacial score (nSPS) is 10.4. The number of hydrogen-bond acceptors (Lipinski definition) is 3. The molecule has 5 nitrogen and oxygen atoms in total. The van der Waals surface area contributed by atoms with Crippen molar-refractivity contribution in [3.63, 3.8) is 0 Å². The first-order chi connectivity index (χ1) is 7.58. The van der Waals surface area contributed by atoms with E-state index in [0.29, 0.717) is 5.69 Å². The summed E-state index contributed by atoms with van der Waals surface area (Å²) in [5.41, 5.74) is 2.25. The van der Waals surface area contributed by atoms with Gasteiger partial charge in [-0.05, 0) is 31.5 Å². The monoisotopic (exact) mass is 217 g/mol. The van der Waals surface area contributed by atoms with Crippen LogP contribution >= 0.6 is 0 Å². The maximum atomic E-state index is 10.9. The number of nitro benzene ring substituents is 1. The molecule has 2 rings (SSSR count). The Labute approximate surface area is 92.5 Å². The molecule has 5 heteroatoms. The number of benzene rings is 1. The lowest BCUT2D eigenvalue weighted by atomic mass is 10.2. The van der Waals surface area contributed by atoms with Crippen LogP contribution in [0, 0.1) is 24.0 Å². The minimum Gasteiger partial charge on any atom is -0.258 e. The lowest BCUT2D eigenvalue weighted by Gasteiger charge is -2.03. The SMILES string of the molecule is Cc1ccc(-n2ccc(C)n2)c([N+](=O)[O-])c1. The molecule has 0 aliphatic rings. The highest BCUT2D eigenvalue weighted by Crippen LogP contribution is 2.23. The first-order valence-corrected chi connectivity index (χ1v) is 4.85. The fourth-order valence-electron chi connectivity index (χ4n) is 1.52. The van der Waals surface area contributed by atoms with E-state index in [1.807, 2.05) is 26.0 Å². The lowest BCUT2D eigenvalue weighted by molar-refractivity contribution is -0.384. The molecule has 0 saturated heterocycles. The van der Waals surface area contributed by atoms with Crippen LogP contribution in [0.2, 0.25) is 0 Å². The molecule has 0 aliphatic carbocycles. The number of nitro groups is 1. The topological polar surface area (TPSA) is 61.0 Å². The first kappa shape index (κ1) is 10.4. The summed E-state index contributed by atoms with van der Waals surface area (Å²) in [4.78, 5) is 10.5. The second-order valence-electron chi connectivity index (χ2n) is 3.65. The Morgan fingerprint density at radius 1 is 1.31 bits per heavy atom. The maximum absolute atomic E-state index is 10.9. The van der Waals surface area contributed by atoms with Crippen LogP contribution < -0.4 is 0 Å². The van der Waals surface area contributed by atoms with Gasteiger partial charge in [0.25, 0.3) is 5.69 Å². The van der Waals surface area contributed by atoms with E-state index in [0.717, 1.165) is 11.3 Å². The Kier molecular flexibility index (Phi) is 2.44. The van der Waals surface area contributed by atoms with Crippen molar-refractivity contribution < 1.29 is 4.92 Å².